The third-order valence-electron chi connectivity index (χ3n) is 4.02. The standard InChI is InChI=1S/C18H19FN4O4S/c1-26-14-5-3-12(16(10-14)27-2)11-21-28(24,25)17-9-13(20)4-6-15(17)23-8-7-18(19)22-23/h3-10,21H,11,20H2,1-2H3. The number of ether oxygens (including phenoxy) is 2. The Morgan fingerprint density at radius 3 is 2.57 bits per heavy atom. The maximum atomic E-state index is 13.3. The predicted octanol–water partition coefficient (Wildman–Crippen LogP) is 2.09. The zero-order valence-electron chi connectivity index (χ0n) is 15.2. The van der Waals surface area contributed by atoms with Crippen molar-refractivity contribution in [1.29, 1.82) is 0 Å². The highest BCUT2D eigenvalue weighted by atomic mass is 32.2. The Morgan fingerprint density at radius 1 is 1.14 bits per heavy atom. The molecule has 3 N–H and O–H groups in total. The second kappa shape index (κ2) is 7.87. The Morgan fingerprint density at radius 2 is 1.93 bits per heavy atom. The van der Waals surface area contributed by atoms with Crippen LogP contribution in [0.3, 0.4) is 0 Å². The van der Waals surface area contributed by atoms with Crippen LogP contribution in [-0.2, 0) is 16.6 Å². The van der Waals surface area contributed by atoms with E-state index >= 15 is 0 Å². The predicted molar refractivity (Wildman–Crippen MR) is 102 cm³/mol. The average Bonchev–Trinajstić information content (AvgIpc) is 3.12. The molecule has 28 heavy (non-hydrogen) atoms. The first-order valence-corrected chi connectivity index (χ1v) is 9.64. The molecule has 8 nitrogen and oxygen atoms in total. The van der Waals surface area contributed by atoms with Gasteiger partial charge in [0.05, 0.1) is 19.9 Å². The van der Waals surface area contributed by atoms with Gasteiger partial charge >= 0.3 is 0 Å². The molecule has 0 aliphatic heterocycles. The van der Waals surface area contributed by atoms with Crippen molar-refractivity contribution in [3.63, 3.8) is 0 Å². The van der Waals surface area contributed by atoms with E-state index in [1.807, 2.05) is 0 Å². The van der Waals surface area contributed by atoms with E-state index in [1.54, 1.807) is 18.2 Å². The van der Waals surface area contributed by atoms with E-state index in [2.05, 4.69) is 9.82 Å². The molecule has 0 spiro atoms. The largest absolute Gasteiger partial charge is 0.497 e. The number of anilines is 1. The number of aromatic nitrogens is 2. The molecule has 3 rings (SSSR count). The summed E-state index contributed by atoms with van der Waals surface area (Å²) in [5.41, 5.74) is 6.80. The van der Waals surface area contributed by atoms with Crippen LogP contribution in [0.2, 0.25) is 0 Å². The second-order valence-corrected chi connectivity index (χ2v) is 7.55. The van der Waals surface area contributed by atoms with Crippen molar-refractivity contribution in [1.82, 2.24) is 14.5 Å². The molecule has 0 fully saturated rings. The molecule has 1 heterocycles. The van der Waals surface area contributed by atoms with Crippen LogP contribution < -0.4 is 19.9 Å². The van der Waals surface area contributed by atoms with Gasteiger partial charge in [-0.15, -0.1) is 5.10 Å². The van der Waals surface area contributed by atoms with Crippen LogP contribution in [0.5, 0.6) is 11.5 Å². The first-order chi connectivity index (χ1) is 13.3. The van der Waals surface area contributed by atoms with Crippen molar-refractivity contribution in [3.05, 3.63) is 60.2 Å². The van der Waals surface area contributed by atoms with E-state index in [4.69, 9.17) is 15.2 Å². The molecule has 148 valence electrons. The lowest BCUT2D eigenvalue weighted by Gasteiger charge is -2.14. The van der Waals surface area contributed by atoms with Gasteiger partial charge in [-0.25, -0.2) is 17.8 Å². The second-order valence-electron chi connectivity index (χ2n) is 5.81. The molecule has 0 unspecified atom stereocenters. The van der Waals surface area contributed by atoms with E-state index in [-0.39, 0.29) is 22.8 Å². The maximum absolute atomic E-state index is 13.3. The Balaban J connectivity index is 1.93. The number of hydrogen-bond acceptors (Lipinski definition) is 6. The Labute approximate surface area is 161 Å². The molecule has 10 heteroatoms. The smallest absolute Gasteiger partial charge is 0.243 e. The number of rotatable bonds is 7. The van der Waals surface area contributed by atoms with Crippen molar-refractivity contribution in [2.24, 2.45) is 0 Å². The van der Waals surface area contributed by atoms with Crippen molar-refractivity contribution in [2.45, 2.75) is 11.4 Å². The summed E-state index contributed by atoms with van der Waals surface area (Å²) >= 11 is 0. The third-order valence-corrected chi connectivity index (χ3v) is 5.45. The van der Waals surface area contributed by atoms with Crippen molar-refractivity contribution in [2.75, 3.05) is 20.0 Å². The lowest BCUT2D eigenvalue weighted by Crippen LogP contribution is -2.25. The van der Waals surface area contributed by atoms with Gasteiger partial charge in [-0.2, -0.15) is 4.39 Å². The molecular weight excluding hydrogens is 387 g/mol. The zero-order valence-corrected chi connectivity index (χ0v) is 16.0. The summed E-state index contributed by atoms with van der Waals surface area (Å²) < 4.78 is 53.2. The quantitative estimate of drug-likeness (QED) is 0.582. The molecular formula is C18H19FN4O4S. The molecule has 0 radical (unpaired) electrons. The van der Waals surface area contributed by atoms with E-state index in [0.717, 1.165) is 10.7 Å². The highest BCUT2D eigenvalue weighted by Gasteiger charge is 2.21. The molecule has 0 bridgehead atoms. The maximum Gasteiger partial charge on any atom is 0.243 e. The van der Waals surface area contributed by atoms with E-state index in [0.29, 0.717) is 17.1 Å². The number of nitrogen functional groups attached to an aromatic ring is 1. The number of nitrogens with two attached hydrogens (primary N) is 1. The highest BCUT2D eigenvalue weighted by Crippen LogP contribution is 2.26. The van der Waals surface area contributed by atoms with E-state index in [9.17, 15) is 12.8 Å². The van der Waals surface area contributed by atoms with Crippen LogP contribution in [0.25, 0.3) is 5.69 Å². The summed E-state index contributed by atoms with van der Waals surface area (Å²) in [4.78, 5) is -0.122. The van der Waals surface area contributed by atoms with Gasteiger partial charge in [-0.1, -0.05) is 6.07 Å². The molecule has 0 atom stereocenters. The Bertz CT molecular complexity index is 1100. The SMILES string of the molecule is COc1ccc(CNS(=O)(=O)c2cc(N)ccc2-n2ccc(F)n2)c(OC)c1. The van der Waals surface area contributed by atoms with Crippen molar-refractivity contribution < 1.29 is 22.3 Å². The Kier molecular flexibility index (Phi) is 5.52. The fraction of sp³-hybridized carbons (Fsp3) is 0.167. The van der Waals surface area contributed by atoms with Crippen molar-refractivity contribution >= 4 is 15.7 Å². The monoisotopic (exact) mass is 406 g/mol. The average molecular weight is 406 g/mol. The lowest BCUT2D eigenvalue weighted by molar-refractivity contribution is 0.390. The van der Waals surface area contributed by atoms with Crippen LogP contribution >= 0.6 is 0 Å². The first kappa shape index (κ1) is 19.6. The van der Waals surface area contributed by atoms with Gasteiger partial charge in [0, 0.05) is 36.1 Å². The minimum absolute atomic E-state index is 0.0305. The fourth-order valence-corrected chi connectivity index (χ4v) is 3.85. The van der Waals surface area contributed by atoms with Gasteiger partial charge in [0.2, 0.25) is 16.0 Å². The zero-order chi connectivity index (χ0) is 20.3. The number of sulfonamides is 1. The normalized spacial score (nSPS) is 11.4. The number of nitrogens with one attached hydrogen (secondary N) is 1. The number of halogens is 1. The molecule has 3 aromatic rings. The summed E-state index contributed by atoms with van der Waals surface area (Å²) in [6, 6.07) is 10.5. The minimum atomic E-state index is -3.99. The summed E-state index contributed by atoms with van der Waals surface area (Å²) in [7, 11) is -0.986. The van der Waals surface area contributed by atoms with Crippen LogP contribution in [0.15, 0.2) is 53.6 Å². The van der Waals surface area contributed by atoms with Crippen LogP contribution in [0.1, 0.15) is 5.56 Å². The molecule has 2 aromatic carbocycles. The van der Waals surface area contributed by atoms with Gasteiger partial charge in [0.25, 0.3) is 0 Å². The summed E-state index contributed by atoms with van der Waals surface area (Å²) in [5, 5.41) is 3.63. The molecule has 0 amide bonds. The molecule has 0 saturated heterocycles. The van der Waals surface area contributed by atoms with Gasteiger partial charge in [-0.05, 0) is 24.3 Å². The minimum Gasteiger partial charge on any atom is -0.497 e. The van der Waals surface area contributed by atoms with Gasteiger partial charge in [0.15, 0.2) is 0 Å². The van der Waals surface area contributed by atoms with Gasteiger partial charge in [-0.3, -0.25) is 0 Å². The summed E-state index contributed by atoms with van der Waals surface area (Å²) in [5.74, 6) is 0.336. The fourth-order valence-electron chi connectivity index (χ4n) is 2.62. The van der Waals surface area contributed by atoms with Crippen molar-refractivity contribution in [3.8, 4) is 17.2 Å². The molecule has 0 saturated carbocycles. The topological polar surface area (TPSA) is 108 Å². The van der Waals surface area contributed by atoms with Crippen LogP contribution in [-0.4, -0.2) is 32.4 Å². The van der Waals surface area contributed by atoms with Gasteiger partial charge < -0.3 is 15.2 Å². The highest BCUT2D eigenvalue weighted by molar-refractivity contribution is 7.89. The number of methoxy groups -OCH3 is 2. The lowest BCUT2D eigenvalue weighted by atomic mass is 10.2. The molecule has 1 aromatic heterocycles. The summed E-state index contributed by atoms with van der Waals surface area (Å²) in [6.45, 7) is -0.0305. The number of nitrogens with zero attached hydrogens (tertiary/aromatic N) is 2. The van der Waals surface area contributed by atoms with Crippen LogP contribution in [0, 0.1) is 5.95 Å². The van der Waals surface area contributed by atoms with Gasteiger partial charge in [0.1, 0.15) is 16.4 Å². The number of hydrogen-bond donors (Lipinski definition) is 2. The molecule has 0 aliphatic rings. The molecule has 0 aliphatic carbocycles. The first-order valence-electron chi connectivity index (χ1n) is 8.15. The van der Waals surface area contributed by atoms with E-state index < -0.39 is 16.0 Å². The summed E-state index contributed by atoms with van der Waals surface area (Å²) in [6.07, 6.45) is 1.33. The Hall–Kier alpha value is -3.11. The third kappa shape index (κ3) is 4.07. The van der Waals surface area contributed by atoms with E-state index in [1.165, 1.54) is 38.6 Å². The van der Waals surface area contributed by atoms with Crippen LogP contribution in [0.4, 0.5) is 10.1 Å². The number of benzene rings is 2.